The Morgan fingerprint density at radius 3 is 2.69 bits per heavy atom. The zero-order chi connectivity index (χ0) is 25.5. The van der Waals surface area contributed by atoms with Crippen LogP contribution >= 0.6 is 0 Å². The van der Waals surface area contributed by atoms with Crippen molar-refractivity contribution in [3.8, 4) is 5.75 Å². The molecule has 0 saturated carbocycles. The number of hydrogen-bond donors (Lipinski definition) is 2. The van der Waals surface area contributed by atoms with Crippen LogP contribution < -0.4 is 15.0 Å². The summed E-state index contributed by atoms with van der Waals surface area (Å²) < 4.78 is 50.4. The van der Waals surface area contributed by atoms with Crippen LogP contribution in [-0.4, -0.2) is 62.0 Å². The van der Waals surface area contributed by atoms with Crippen molar-refractivity contribution in [3.05, 3.63) is 47.4 Å². The fourth-order valence-electron chi connectivity index (χ4n) is 3.52. The lowest BCUT2D eigenvalue weighted by atomic mass is 10.2. The quantitative estimate of drug-likeness (QED) is 0.522. The summed E-state index contributed by atoms with van der Waals surface area (Å²) in [5, 5.41) is 16.7. The van der Waals surface area contributed by atoms with E-state index in [2.05, 4.69) is 20.4 Å². The summed E-state index contributed by atoms with van der Waals surface area (Å²) in [7, 11) is 2.69. The normalized spacial score (nSPS) is 15.9. The Bertz CT molecular complexity index is 1270. The first kappa shape index (κ1) is 24.0. The number of rotatable bonds is 6. The van der Waals surface area contributed by atoms with Gasteiger partial charge in [-0.15, -0.1) is 0 Å². The van der Waals surface area contributed by atoms with Crippen molar-refractivity contribution in [1.82, 2.24) is 24.6 Å². The topological polar surface area (TPSA) is 139 Å². The molecule has 0 spiro atoms. The van der Waals surface area contributed by atoms with Crippen LogP contribution in [0.15, 0.2) is 29.0 Å². The number of amides is 2. The Kier molecular flexibility index (Phi) is 6.10. The van der Waals surface area contributed by atoms with Gasteiger partial charge in [0.05, 0.1) is 20.0 Å². The molecule has 0 aromatic carbocycles. The summed E-state index contributed by atoms with van der Waals surface area (Å²) in [4.78, 5) is 35.8. The van der Waals surface area contributed by atoms with Gasteiger partial charge in [-0.3, -0.25) is 14.5 Å². The van der Waals surface area contributed by atoms with Gasteiger partial charge >= 0.3 is 6.18 Å². The SMILES string of the molecule is COc1cc(NC(=O)Cn2cnc3c2C(=O)N(Cc2cc(C)on2)C(O)N3C)nc(C(F)(F)F)c1. The summed E-state index contributed by atoms with van der Waals surface area (Å²) in [5.41, 5.74) is -0.834. The van der Waals surface area contributed by atoms with E-state index in [-0.39, 0.29) is 29.6 Å². The highest BCUT2D eigenvalue weighted by molar-refractivity contribution is 6.00. The van der Waals surface area contributed by atoms with Crippen molar-refractivity contribution in [2.24, 2.45) is 0 Å². The average molecular weight is 495 g/mol. The van der Waals surface area contributed by atoms with Crippen LogP contribution in [0.25, 0.3) is 0 Å². The molecule has 12 nitrogen and oxygen atoms in total. The van der Waals surface area contributed by atoms with E-state index in [0.717, 1.165) is 11.0 Å². The first-order valence-electron chi connectivity index (χ1n) is 10.1. The lowest BCUT2D eigenvalue weighted by molar-refractivity contribution is -0.141. The van der Waals surface area contributed by atoms with Gasteiger partial charge in [-0.1, -0.05) is 5.16 Å². The Morgan fingerprint density at radius 1 is 1.31 bits per heavy atom. The summed E-state index contributed by atoms with van der Waals surface area (Å²) in [6.45, 7) is 1.14. The van der Waals surface area contributed by atoms with Crippen molar-refractivity contribution < 1.29 is 37.1 Å². The molecule has 4 heterocycles. The van der Waals surface area contributed by atoms with E-state index in [1.54, 1.807) is 13.0 Å². The second kappa shape index (κ2) is 8.90. The van der Waals surface area contributed by atoms with Crippen LogP contribution in [0.3, 0.4) is 0 Å². The Hall–Kier alpha value is -4.14. The monoisotopic (exact) mass is 495 g/mol. The van der Waals surface area contributed by atoms with E-state index in [1.165, 1.54) is 30.0 Å². The minimum Gasteiger partial charge on any atom is -0.497 e. The smallest absolute Gasteiger partial charge is 0.433 e. The Labute approximate surface area is 195 Å². The van der Waals surface area contributed by atoms with Gasteiger partial charge in [0, 0.05) is 25.2 Å². The molecule has 2 amide bonds. The number of halogens is 3. The third-order valence-electron chi connectivity index (χ3n) is 5.16. The van der Waals surface area contributed by atoms with E-state index < -0.39 is 36.6 Å². The molecule has 1 aliphatic heterocycles. The number of imidazole rings is 1. The molecule has 2 N–H and O–H groups in total. The van der Waals surface area contributed by atoms with Crippen LogP contribution in [0.4, 0.5) is 24.8 Å². The second-order valence-corrected chi connectivity index (χ2v) is 7.69. The maximum Gasteiger partial charge on any atom is 0.433 e. The summed E-state index contributed by atoms with van der Waals surface area (Å²) in [6, 6.07) is 3.44. The zero-order valence-electron chi connectivity index (χ0n) is 18.7. The lowest BCUT2D eigenvalue weighted by Crippen LogP contribution is -2.54. The maximum absolute atomic E-state index is 13.2. The molecular formula is C20H20F3N7O5. The molecule has 0 aliphatic carbocycles. The third kappa shape index (κ3) is 4.75. The number of methoxy groups -OCH3 is 1. The minimum absolute atomic E-state index is 0.00255. The predicted octanol–water partition coefficient (Wildman–Crippen LogP) is 1.61. The number of carbonyl (C=O) groups is 2. The molecule has 1 aliphatic rings. The summed E-state index contributed by atoms with van der Waals surface area (Å²) in [6.07, 6.45) is -4.89. The molecule has 3 aromatic rings. The first-order valence-corrected chi connectivity index (χ1v) is 10.1. The predicted molar refractivity (Wildman–Crippen MR) is 112 cm³/mol. The van der Waals surface area contributed by atoms with Gasteiger partial charge < -0.3 is 29.2 Å². The molecule has 1 unspecified atom stereocenters. The number of carbonyl (C=O) groups excluding carboxylic acids is 2. The third-order valence-corrected chi connectivity index (χ3v) is 5.16. The lowest BCUT2D eigenvalue weighted by Gasteiger charge is -2.38. The van der Waals surface area contributed by atoms with Gasteiger partial charge in [0.2, 0.25) is 12.3 Å². The number of aliphatic hydroxyl groups excluding tert-OH is 1. The number of nitrogens with zero attached hydrogens (tertiary/aromatic N) is 6. The summed E-state index contributed by atoms with van der Waals surface area (Å²) >= 11 is 0. The maximum atomic E-state index is 13.2. The molecular weight excluding hydrogens is 475 g/mol. The number of pyridine rings is 1. The first-order chi connectivity index (χ1) is 16.5. The molecule has 0 saturated heterocycles. The molecule has 15 heteroatoms. The van der Waals surface area contributed by atoms with Crippen LogP contribution in [0, 0.1) is 6.92 Å². The molecule has 3 aromatic heterocycles. The van der Waals surface area contributed by atoms with Gasteiger partial charge in [-0.2, -0.15) is 13.2 Å². The van der Waals surface area contributed by atoms with Crippen LogP contribution in [-0.2, 0) is 24.1 Å². The van der Waals surface area contributed by atoms with Gasteiger partial charge in [0.1, 0.15) is 29.6 Å². The van der Waals surface area contributed by atoms with Crippen LogP contribution in [0.1, 0.15) is 27.6 Å². The standard InChI is InChI=1S/C20H20F3N7O5/c1-10-4-11(27-35-10)7-30-18(32)16-17(28(2)19(30)33)24-9-29(16)8-15(31)26-14-6-12(34-3)5-13(25-14)20(21,22)23/h4-6,9,19,33H,7-8H2,1-3H3,(H,25,26,31). The van der Waals surface area contributed by atoms with Gasteiger partial charge in [0.25, 0.3) is 5.91 Å². The van der Waals surface area contributed by atoms with Crippen LogP contribution in [0.5, 0.6) is 5.75 Å². The van der Waals surface area contributed by atoms with Crippen molar-refractivity contribution >= 4 is 23.5 Å². The highest BCUT2D eigenvalue weighted by Gasteiger charge is 2.39. The van der Waals surface area contributed by atoms with Gasteiger partial charge in [-0.05, 0) is 6.92 Å². The Morgan fingerprint density at radius 2 is 2.06 bits per heavy atom. The Balaban J connectivity index is 1.56. The van der Waals surface area contributed by atoms with Gasteiger partial charge in [0.15, 0.2) is 17.2 Å². The fraction of sp³-hybridized carbons (Fsp3) is 0.350. The molecule has 4 rings (SSSR count). The number of hydrogen-bond acceptors (Lipinski definition) is 9. The fourth-order valence-corrected chi connectivity index (χ4v) is 3.52. The zero-order valence-corrected chi connectivity index (χ0v) is 18.7. The minimum atomic E-state index is -4.75. The van der Waals surface area contributed by atoms with Crippen molar-refractivity contribution in [3.63, 3.8) is 0 Å². The molecule has 1 atom stereocenters. The van der Waals surface area contributed by atoms with Crippen molar-refractivity contribution in [1.29, 1.82) is 0 Å². The molecule has 0 bridgehead atoms. The number of ether oxygens (including phenoxy) is 1. The van der Waals surface area contributed by atoms with Crippen molar-refractivity contribution in [2.75, 3.05) is 24.4 Å². The molecule has 0 fully saturated rings. The highest BCUT2D eigenvalue weighted by atomic mass is 19.4. The number of anilines is 2. The number of aliphatic hydroxyl groups is 1. The van der Waals surface area contributed by atoms with E-state index in [9.17, 15) is 27.9 Å². The summed E-state index contributed by atoms with van der Waals surface area (Å²) in [5.74, 6) is -1.27. The van der Waals surface area contributed by atoms with Crippen molar-refractivity contribution in [2.45, 2.75) is 32.5 Å². The van der Waals surface area contributed by atoms with E-state index in [0.29, 0.717) is 17.5 Å². The molecule has 35 heavy (non-hydrogen) atoms. The van der Waals surface area contributed by atoms with Crippen LogP contribution in [0.2, 0.25) is 0 Å². The second-order valence-electron chi connectivity index (χ2n) is 7.69. The largest absolute Gasteiger partial charge is 0.497 e. The van der Waals surface area contributed by atoms with Gasteiger partial charge in [-0.25, -0.2) is 9.97 Å². The molecule has 0 radical (unpaired) electrons. The number of nitrogens with one attached hydrogen (secondary N) is 1. The van der Waals surface area contributed by atoms with E-state index in [1.807, 2.05) is 0 Å². The average Bonchev–Trinajstić information content (AvgIpc) is 3.40. The molecule has 186 valence electrons. The van der Waals surface area contributed by atoms with E-state index >= 15 is 0 Å². The van der Waals surface area contributed by atoms with E-state index in [4.69, 9.17) is 9.26 Å². The highest BCUT2D eigenvalue weighted by Crippen LogP contribution is 2.32. The number of alkyl halides is 3. The number of aromatic nitrogens is 4. The number of fused-ring (bicyclic) bond motifs is 1. The number of aryl methyl sites for hydroxylation is 1.